The number of hydrogen-bond donors (Lipinski definition) is 2. The summed E-state index contributed by atoms with van der Waals surface area (Å²) in [5, 5.41) is 7.41. The SMILES string of the molecule is CC1=NNC(=S)C1Nc1ccc(C)cc1. The van der Waals surface area contributed by atoms with Gasteiger partial charge in [-0.2, -0.15) is 5.10 Å². The first-order chi connectivity index (χ1) is 7.16. The van der Waals surface area contributed by atoms with Crippen molar-refractivity contribution in [2.75, 3.05) is 5.32 Å². The maximum atomic E-state index is 5.15. The molecule has 1 aromatic carbocycles. The monoisotopic (exact) mass is 219 g/mol. The molecule has 1 aliphatic rings. The third kappa shape index (κ3) is 2.15. The molecule has 3 nitrogen and oxygen atoms in total. The maximum Gasteiger partial charge on any atom is 0.124 e. The van der Waals surface area contributed by atoms with Crippen molar-refractivity contribution >= 4 is 28.6 Å². The number of hydrogen-bond acceptors (Lipinski definition) is 3. The maximum absolute atomic E-state index is 5.15. The Morgan fingerprint density at radius 2 is 1.93 bits per heavy atom. The molecule has 1 atom stereocenters. The molecule has 1 aliphatic heterocycles. The van der Waals surface area contributed by atoms with E-state index in [0.717, 1.165) is 16.4 Å². The van der Waals surface area contributed by atoms with Crippen LogP contribution in [0.3, 0.4) is 0 Å². The minimum absolute atomic E-state index is 0.0303. The van der Waals surface area contributed by atoms with Crippen LogP contribution in [0.5, 0.6) is 0 Å². The summed E-state index contributed by atoms with van der Waals surface area (Å²) in [6, 6.07) is 8.26. The van der Waals surface area contributed by atoms with E-state index in [0.29, 0.717) is 0 Å². The van der Waals surface area contributed by atoms with Crippen molar-refractivity contribution in [2.24, 2.45) is 5.10 Å². The van der Waals surface area contributed by atoms with Crippen LogP contribution in [-0.2, 0) is 0 Å². The first kappa shape index (κ1) is 10.1. The van der Waals surface area contributed by atoms with Crippen LogP contribution in [0.2, 0.25) is 0 Å². The van der Waals surface area contributed by atoms with E-state index in [2.05, 4.69) is 34.9 Å². The second kappa shape index (κ2) is 3.98. The molecule has 2 N–H and O–H groups in total. The number of nitrogens with zero attached hydrogens (tertiary/aromatic N) is 1. The van der Waals surface area contributed by atoms with Gasteiger partial charge in [-0.05, 0) is 26.0 Å². The Morgan fingerprint density at radius 3 is 2.47 bits per heavy atom. The molecule has 0 saturated carbocycles. The van der Waals surface area contributed by atoms with Crippen molar-refractivity contribution in [3.8, 4) is 0 Å². The van der Waals surface area contributed by atoms with Crippen molar-refractivity contribution in [3.63, 3.8) is 0 Å². The predicted octanol–water partition coefficient (Wildman–Crippen LogP) is 2.08. The highest BCUT2D eigenvalue weighted by Gasteiger charge is 2.22. The highest BCUT2D eigenvalue weighted by Crippen LogP contribution is 2.12. The van der Waals surface area contributed by atoms with Gasteiger partial charge in [0.15, 0.2) is 0 Å². The zero-order chi connectivity index (χ0) is 10.8. The number of hydrazone groups is 1. The van der Waals surface area contributed by atoms with Gasteiger partial charge >= 0.3 is 0 Å². The first-order valence-electron chi connectivity index (χ1n) is 4.84. The average Bonchev–Trinajstić information content (AvgIpc) is 2.53. The topological polar surface area (TPSA) is 36.4 Å². The number of benzene rings is 1. The van der Waals surface area contributed by atoms with E-state index >= 15 is 0 Å². The normalized spacial score (nSPS) is 19.7. The molecule has 2 rings (SSSR count). The Hall–Kier alpha value is -1.42. The second-order valence-electron chi connectivity index (χ2n) is 3.67. The summed E-state index contributed by atoms with van der Waals surface area (Å²) >= 11 is 5.15. The Bertz CT molecular complexity index is 408. The molecule has 0 spiro atoms. The first-order valence-corrected chi connectivity index (χ1v) is 5.25. The Balaban J connectivity index is 2.12. The lowest BCUT2D eigenvalue weighted by molar-refractivity contribution is 1.07. The lowest BCUT2D eigenvalue weighted by Gasteiger charge is -2.13. The third-order valence-corrected chi connectivity index (χ3v) is 2.71. The van der Waals surface area contributed by atoms with Crippen molar-refractivity contribution in [1.82, 2.24) is 5.43 Å². The Labute approximate surface area is 94.6 Å². The predicted molar refractivity (Wildman–Crippen MR) is 67.4 cm³/mol. The summed E-state index contributed by atoms with van der Waals surface area (Å²) in [5.41, 5.74) is 6.09. The summed E-state index contributed by atoms with van der Waals surface area (Å²) in [4.78, 5) is 0.730. The van der Waals surface area contributed by atoms with Gasteiger partial charge in [0.2, 0.25) is 0 Å². The molecule has 0 aromatic heterocycles. The van der Waals surface area contributed by atoms with Gasteiger partial charge in [-0.15, -0.1) is 0 Å². The minimum Gasteiger partial charge on any atom is -0.371 e. The van der Waals surface area contributed by atoms with E-state index in [-0.39, 0.29) is 6.04 Å². The molecule has 78 valence electrons. The molecule has 0 bridgehead atoms. The zero-order valence-corrected chi connectivity index (χ0v) is 9.56. The number of nitrogens with one attached hydrogen (secondary N) is 2. The van der Waals surface area contributed by atoms with Crippen molar-refractivity contribution in [1.29, 1.82) is 0 Å². The molecule has 1 unspecified atom stereocenters. The second-order valence-corrected chi connectivity index (χ2v) is 4.11. The molecule has 1 aromatic rings. The van der Waals surface area contributed by atoms with Gasteiger partial charge < -0.3 is 5.32 Å². The quantitative estimate of drug-likeness (QED) is 0.748. The third-order valence-electron chi connectivity index (χ3n) is 2.38. The van der Waals surface area contributed by atoms with E-state index in [1.165, 1.54) is 5.56 Å². The summed E-state index contributed by atoms with van der Waals surface area (Å²) in [7, 11) is 0. The Kier molecular flexibility index (Phi) is 2.68. The smallest absolute Gasteiger partial charge is 0.124 e. The van der Waals surface area contributed by atoms with Gasteiger partial charge in [0.1, 0.15) is 11.0 Å². The number of anilines is 1. The average molecular weight is 219 g/mol. The molecule has 0 radical (unpaired) electrons. The van der Waals surface area contributed by atoms with Crippen molar-refractivity contribution in [3.05, 3.63) is 29.8 Å². The molecular formula is C11H13N3S. The zero-order valence-electron chi connectivity index (χ0n) is 8.74. The minimum atomic E-state index is 0.0303. The van der Waals surface area contributed by atoms with Crippen LogP contribution in [0.15, 0.2) is 29.4 Å². The van der Waals surface area contributed by atoms with Crippen LogP contribution in [0.4, 0.5) is 5.69 Å². The van der Waals surface area contributed by atoms with Gasteiger partial charge in [0.05, 0.1) is 5.71 Å². The lowest BCUT2D eigenvalue weighted by Crippen LogP contribution is -2.33. The van der Waals surface area contributed by atoms with Crippen LogP contribution in [0, 0.1) is 6.92 Å². The fraction of sp³-hybridized carbons (Fsp3) is 0.273. The molecule has 0 fully saturated rings. The van der Waals surface area contributed by atoms with Gasteiger partial charge in [-0.25, -0.2) is 0 Å². The molecule has 1 heterocycles. The van der Waals surface area contributed by atoms with E-state index in [1.807, 2.05) is 19.1 Å². The number of aryl methyl sites for hydroxylation is 1. The van der Waals surface area contributed by atoms with Gasteiger partial charge in [0.25, 0.3) is 0 Å². The van der Waals surface area contributed by atoms with Gasteiger partial charge in [0, 0.05) is 5.69 Å². The number of rotatable bonds is 2. The molecule has 0 aliphatic carbocycles. The molecule has 4 heteroatoms. The molecule has 0 amide bonds. The van der Waals surface area contributed by atoms with E-state index in [4.69, 9.17) is 12.2 Å². The summed E-state index contributed by atoms with van der Waals surface area (Å²) < 4.78 is 0. The molecular weight excluding hydrogens is 206 g/mol. The largest absolute Gasteiger partial charge is 0.371 e. The van der Waals surface area contributed by atoms with Gasteiger partial charge in [-0.3, -0.25) is 5.43 Å². The lowest BCUT2D eigenvalue weighted by atomic mass is 10.1. The van der Waals surface area contributed by atoms with Crippen LogP contribution >= 0.6 is 12.2 Å². The van der Waals surface area contributed by atoms with E-state index in [9.17, 15) is 0 Å². The van der Waals surface area contributed by atoms with Crippen LogP contribution in [0.25, 0.3) is 0 Å². The molecule has 0 saturated heterocycles. The highest BCUT2D eigenvalue weighted by atomic mass is 32.1. The van der Waals surface area contributed by atoms with Crippen molar-refractivity contribution < 1.29 is 0 Å². The van der Waals surface area contributed by atoms with E-state index < -0.39 is 0 Å². The van der Waals surface area contributed by atoms with Crippen LogP contribution in [-0.4, -0.2) is 16.7 Å². The summed E-state index contributed by atoms with van der Waals surface area (Å²) in [6.07, 6.45) is 0. The highest BCUT2D eigenvalue weighted by molar-refractivity contribution is 7.80. The van der Waals surface area contributed by atoms with E-state index in [1.54, 1.807) is 0 Å². The van der Waals surface area contributed by atoms with Crippen LogP contribution in [0.1, 0.15) is 12.5 Å². The van der Waals surface area contributed by atoms with Crippen molar-refractivity contribution in [2.45, 2.75) is 19.9 Å². The van der Waals surface area contributed by atoms with Crippen LogP contribution < -0.4 is 10.7 Å². The fourth-order valence-electron chi connectivity index (χ4n) is 1.45. The number of thiocarbonyl (C=S) groups is 1. The summed E-state index contributed by atoms with van der Waals surface area (Å²) in [6.45, 7) is 4.02. The fourth-order valence-corrected chi connectivity index (χ4v) is 1.72. The summed E-state index contributed by atoms with van der Waals surface area (Å²) in [5.74, 6) is 0. The molecule has 15 heavy (non-hydrogen) atoms. The van der Waals surface area contributed by atoms with Gasteiger partial charge in [-0.1, -0.05) is 29.9 Å². The Morgan fingerprint density at radius 1 is 1.27 bits per heavy atom. The standard InChI is InChI=1S/C11H13N3S/c1-7-3-5-9(6-4-7)12-10-8(2)13-14-11(10)15/h3-6,10,12H,1-2H3,(H,14,15).